The second kappa shape index (κ2) is 6.86. The zero-order valence-corrected chi connectivity index (χ0v) is 16.2. The fraction of sp³-hybridized carbons (Fsp3) is 0.316. The first-order valence-corrected chi connectivity index (χ1v) is 9.97. The molecule has 0 unspecified atom stereocenters. The molecular weight excluding hydrogens is 368 g/mol. The normalized spacial score (nSPS) is 15.0. The van der Waals surface area contributed by atoms with Crippen molar-refractivity contribution in [2.24, 2.45) is 5.14 Å². The molecule has 0 saturated heterocycles. The zero-order chi connectivity index (χ0) is 19.8. The van der Waals surface area contributed by atoms with Crippen molar-refractivity contribution in [3.8, 4) is 11.5 Å². The summed E-state index contributed by atoms with van der Waals surface area (Å²) in [6.07, 6.45) is 0.769. The second-order valence-corrected chi connectivity index (χ2v) is 8.67. The molecule has 0 spiro atoms. The average molecular weight is 390 g/mol. The molecule has 2 aromatic rings. The van der Waals surface area contributed by atoms with Crippen LogP contribution in [0.25, 0.3) is 0 Å². The number of aryl methyl sites for hydroxylation is 1. The molecule has 1 heterocycles. The zero-order valence-electron chi connectivity index (χ0n) is 15.4. The van der Waals surface area contributed by atoms with Gasteiger partial charge in [0, 0.05) is 17.7 Å². The highest BCUT2D eigenvalue weighted by atomic mass is 32.2. The van der Waals surface area contributed by atoms with Gasteiger partial charge in [-0.05, 0) is 44.5 Å². The number of anilines is 1. The molecule has 27 heavy (non-hydrogen) atoms. The first-order valence-electron chi connectivity index (χ1n) is 8.42. The van der Waals surface area contributed by atoms with Gasteiger partial charge in [0.1, 0.15) is 5.60 Å². The number of amides is 1. The summed E-state index contributed by atoms with van der Waals surface area (Å²) in [5, 5.41) is 7.80. The maximum Gasteiger partial charge on any atom is 0.262 e. The third-order valence-corrected chi connectivity index (χ3v) is 5.25. The summed E-state index contributed by atoms with van der Waals surface area (Å²) < 4.78 is 34.7. The molecule has 0 aliphatic carbocycles. The number of rotatable bonds is 5. The number of carbonyl (C=O) groups is 1. The molecule has 0 fully saturated rings. The largest absolute Gasteiger partial charge is 0.483 e. The molecule has 144 valence electrons. The fourth-order valence-electron chi connectivity index (χ4n) is 3.03. The van der Waals surface area contributed by atoms with E-state index in [1.54, 1.807) is 25.1 Å². The van der Waals surface area contributed by atoms with Crippen molar-refractivity contribution in [2.75, 3.05) is 11.9 Å². The molecule has 3 rings (SSSR count). The molecule has 2 aromatic carbocycles. The van der Waals surface area contributed by atoms with Crippen LogP contribution in [0.5, 0.6) is 11.5 Å². The third kappa shape index (κ3) is 4.40. The van der Waals surface area contributed by atoms with Crippen molar-refractivity contribution >= 4 is 21.6 Å². The lowest BCUT2D eigenvalue weighted by molar-refractivity contribution is -0.118. The number of hydrogen-bond acceptors (Lipinski definition) is 5. The predicted octanol–water partition coefficient (Wildman–Crippen LogP) is 2.37. The van der Waals surface area contributed by atoms with E-state index < -0.39 is 15.9 Å². The SMILES string of the molecule is Cc1ccc(NC(=O)COc2cccc3c2OC(C)(C)C3)cc1S(N)(=O)=O. The maximum atomic E-state index is 12.2. The minimum absolute atomic E-state index is 0.0299. The number of nitrogens with one attached hydrogen (secondary N) is 1. The summed E-state index contributed by atoms with van der Waals surface area (Å²) in [4.78, 5) is 12.2. The number of ether oxygens (including phenoxy) is 2. The van der Waals surface area contributed by atoms with Crippen molar-refractivity contribution in [2.45, 2.75) is 37.7 Å². The number of primary sulfonamides is 1. The van der Waals surface area contributed by atoms with E-state index in [-0.39, 0.29) is 17.1 Å². The molecule has 8 heteroatoms. The van der Waals surface area contributed by atoms with Crippen LogP contribution in [0.15, 0.2) is 41.3 Å². The lowest BCUT2D eigenvalue weighted by Gasteiger charge is -2.18. The lowest BCUT2D eigenvalue weighted by Crippen LogP contribution is -2.25. The van der Waals surface area contributed by atoms with Gasteiger partial charge in [-0.3, -0.25) is 4.79 Å². The monoisotopic (exact) mass is 390 g/mol. The van der Waals surface area contributed by atoms with E-state index in [0.29, 0.717) is 22.7 Å². The molecule has 0 aromatic heterocycles. The Morgan fingerprint density at radius 2 is 2.04 bits per heavy atom. The predicted molar refractivity (Wildman–Crippen MR) is 102 cm³/mol. The van der Waals surface area contributed by atoms with Gasteiger partial charge in [-0.1, -0.05) is 18.2 Å². The van der Waals surface area contributed by atoms with Crippen LogP contribution < -0.4 is 19.9 Å². The number of hydrogen-bond donors (Lipinski definition) is 2. The number of nitrogens with two attached hydrogens (primary N) is 1. The number of fused-ring (bicyclic) bond motifs is 1. The first-order chi connectivity index (χ1) is 12.5. The molecule has 3 N–H and O–H groups in total. The topological polar surface area (TPSA) is 108 Å². The van der Waals surface area contributed by atoms with Crippen molar-refractivity contribution in [3.63, 3.8) is 0 Å². The van der Waals surface area contributed by atoms with Crippen molar-refractivity contribution < 1.29 is 22.7 Å². The Morgan fingerprint density at radius 1 is 1.30 bits per heavy atom. The number of para-hydroxylation sites is 1. The molecule has 0 atom stereocenters. The van der Waals surface area contributed by atoms with Gasteiger partial charge in [-0.2, -0.15) is 0 Å². The van der Waals surface area contributed by atoms with Gasteiger partial charge in [-0.25, -0.2) is 13.6 Å². The fourth-order valence-corrected chi connectivity index (χ4v) is 3.83. The van der Waals surface area contributed by atoms with Gasteiger partial charge >= 0.3 is 0 Å². The Kier molecular flexibility index (Phi) is 4.88. The molecule has 1 amide bonds. The average Bonchev–Trinajstić information content (AvgIpc) is 2.88. The van der Waals surface area contributed by atoms with Crippen LogP contribution in [-0.2, 0) is 21.2 Å². The molecule has 1 aliphatic rings. The van der Waals surface area contributed by atoms with Crippen LogP contribution in [-0.4, -0.2) is 26.5 Å². The molecule has 0 saturated carbocycles. The summed E-state index contributed by atoms with van der Waals surface area (Å²) in [6.45, 7) is 5.37. The number of sulfonamides is 1. The second-order valence-electron chi connectivity index (χ2n) is 7.15. The van der Waals surface area contributed by atoms with Crippen molar-refractivity contribution in [3.05, 3.63) is 47.5 Å². The highest BCUT2D eigenvalue weighted by Gasteiger charge is 2.32. The molecule has 0 radical (unpaired) electrons. The highest BCUT2D eigenvalue weighted by molar-refractivity contribution is 7.89. The molecule has 7 nitrogen and oxygen atoms in total. The van der Waals surface area contributed by atoms with Gasteiger partial charge < -0.3 is 14.8 Å². The number of benzene rings is 2. The lowest BCUT2D eigenvalue weighted by atomic mass is 10.0. The van der Waals surface area contributed by atoms with Crippen LogP contribution in [0, 0.1) is 6.92 Å². The van der Waals surface area contributed by atoms with E-state index in [1.165, 1.54) is 6.07 Å². The molecule has 0 bridgehead atoms. The van der Waals surface area contributed by atoms with Crippen LogP contribution in [0.2, 0.25) is 0 Å². The summed E-state index contributed by atoms with van der Waals surface area (Å²) in [5.41, 5.74) is 1.56. The summed E-state index contributed by atoms with van der Waals surface area (Å²) in [7, 11) is -3.86. The quantitative estimate of drug-likeness (QED) is 0.815. The van der Waals surface area contributed by atoms with Crippen LogP contribution in [0.3, 0.4) is 0 Å². The van der Waals surface area contributed by atoms with Crippen molar-refractivity contribution in [1.82, 2.24) is 0 Å². The van der Waals surface area contributed by atoms with Crippen LogP contribution in [0.4, 0.5) is 5.69 Å². The van der Waals surface area contributed by atoms with Gasteiger partial charge in [-0.15, -0.1) is 0 Å². The minimum atomic E-state index is -3.86. The van der Waals surface area contributed by atoms with E-state index in [1.807, 2.05) is 26.0 Å². The van der Waals surface area contributed by atoms with Gasteiger partial charge in [0.05, 0.1) is 4.90 Å². The minimum Gasteiger partial charge on any atom is -0.483 e. The number of carbonyl (C=O) groups excluding carboxylic acids is 1. The van der Waals surface area contributed by atoms with E-state index in [2.05, 4.69) is 5.32 Å². The van der Waals surface area contributed by atoms with E-state index in [9.17, 15) is 13.2 Å². The van der Waals surface area contributed by atoms with E-state index in [4.69, 9.17) is 14.6 Å². The van der Waals surface area contributed by atoms with Gasteiger partial charge in [0.15, 0.2) is 18.1 Å². The van der Waals surface area contributed by atoms with E-state index in [0.717, 1.165) is 12.0 Å². The van der Waals surface area contributed by atoms with Gasteiger partial charge in [0.25, 0.3) is 5.91 Å². The van der Waals surface area contributed by atoms with Crippen LogP contribution in [0.1, 0.15) is 25.0 Å². The van der Waals surface area contributed by atoms with Gasteiger partial charge in [0.2, 0.25) is 10.0 Å². The first kappa shape index (κ1) is 19.2. The van der Waals surface area contributed by atoms with Crippen LogP contribution >= 0.6 is 0 Å². The molecule has 1 aliphatic heterocycles. The summed E-state index contributed by atoms with van der Waals surface area (Å²) >= 11 is 0. The summed E-state index contributed by atoms with van der Waals surface area (Å²) in [6, 6.07) is 10.1. The maximum absolute atomic E-state index is 12.2. The Bertz CT molecular complexity index is 999. The smallest absolute Gasteiger partial charge is 0.262 e. The third-order valence-electron chi connectivity index (χ3n) is 4.19. The Morgan fingerprint density at radius 3 is 2.74 bits per heavy atom. The van der Waals surface area contributed by atoms with Crippen molar-refractivity contribution in [1.29, 1.82) is 0 Å². The standard InChI is InChI=1S/C19H22N2O5S/c1-12-7-8-14(9-16(12)27(20,23)24)21-17(22)11-25-15-6-4-5-13-10-19(2,3)26-18(13)15/h4-9H,10-11H2,1-3H3,(H,21,22)(H2,20,23,24). The Labute approximate surface area is 158 Å². The summed E-state index contributed by atoms with van der Waals surface area (Å²) in [5.74, 6) is 0.735. The molecular formula is C19H22N2O5S. The Balaban J connectivity index is 1.68. The highest BCUT2D eigenvalue weighted by Crippen LogP contribution is 2.41. The Hall–Kier alpha value is -2.58. The van der Waals surface area contributed by atoms with E-state index >= 15 is 0 Å².